The first-order valence-corrected chi connectivity index (χ1v) is 6.48. The van der Waals surface area contributed by atoms with E-state index in [1.165, 1.54) is 0 Å². The average Bonchev–Trinajstić information content (AvgIpc) is 2.88. The van der Waals surface area contributed by atoms with Gasteiger partial charge in [0.25, 0.3) is 0 Å². The molecule has 0 radical (unpaired) electrons. The number of nitrogens with zero attached hydrogens (tertiary/aromatic N) is 3. The molecule has 1 atom stereocenters. The third-order valence-corrected chi connectivity index (χ3v) is 2.97. The smallest absolute Gasteiger partial charge is 0.0950 e. The van der Waals surface area contributed by atoms with Crippen molar-refractivity contribution in [3.8, 4) is 0 Å². The number of nitrogens with one attached hydrogen (secondary N) is 1. The first-order chi connectivity index (χ1) is 8.83. The van der Waals surface area contributed by atoms with Crippen LogP contribution in [0.5, 0.6) is 0 Å². The fraction of sp³-hybridized carbons (Fsp3) is 0.429. The number of imidazole rings is 1. The van der Waals surface area contributed by atoms with Gasteiger partial charge in [0, 0.05) is 31.1 Å². The van der Waals surface area contributed by atoms with E-state index < -0.39 is 0 Å². The molecule has 0 aliphatic rings. The lowest BCUT2D eigenvalue weighted by molar-refractivity contribution is 0.532. The normalized spacial score (nSPS) is 12.6. The Balaban J connectivity index is 2.12. The second-order valence-corrected chi connectivity index (χ2v) is 4.26. The lowest BCUT2D eigenvalue weighted by atomic mass is 10.1. The van der Waals surface area contributed by atoms with E-state index in [2.05, 4.69) is 46.0 Å². The van der Waals surface area contributed by atoms with Crippen LogP contribution in [0.2, 0.25) is 0 Å². The molecule has 0 spiro atoms. The van der Waals surface area contributed by atoms with Crippen molar-refractivity contribution >= 4 is 0 Å². The van der Waals surface area contributed by atoms with Crippen molar-refractivity contribution in [2.75, 3.05) is 6.54 Å². The largest absolute Gasteiger partial charge is 0.337 e. The Morgan fingerprint density at radius 1 is 1.28 bits per heavy atom. The molecule has 2 heterocycles. The molecule has 0 aromatic carbocycles. The molecular formula is C14H20N4. The van der Waals surface area contributed by atoms with Gasteiger partial charge in [-0.1, -0.05) is 13.0 Å². The maximum absolute atomic E-state index is 4.47. The van der Waals surface area contributed by atoms with E-state index in [4.69, 9.17) is 0 Å². The zero-order valence-electron chi connectivity index (χ0n) is 11.0. The summed E-state index contributed by atoms with van der Waals surface area (Å²) in [7, 11) is 0. The molecule has 2 rings (SSSR count). The summed E-state index contributed by atoms with van der Waals surface area (Å²) in [4.78, 5) is 8.85. The number of aromatic nitrogens is 3. The number of pyridine rings is 1. The molecule has 0 amide bonds. The Hall–Kier alpha value is -1.68. The molecule has 4 heteroatoms. The van der Waals surface area contributed by atoms with Crippen LogP contribution in [-0.2, 0) is 13.0 Å². The highest BCUT2D eigenvalue weighted by Gasteiger charge is 2.14. The van der Waals surface area contributed by atoms with Crippen LogP contribution < -0.4 is 5.32 Å². The van der Waals surface area contributed by atoms with Gasteiger partial charge in [0.1, 0.15) is 0 Å². The fourth-order valence-electron chi connectivity index (χ4n) is 1.99. The predicted molar refractivity (Wildman–Crippen MR) is 72.3 cm³/mol. The third kappa shape index (κ3) is 3.17. The zero-order valence-corrected chi connectivity index (χ0v) is 11.0. The quantitative estimate of drug-likeness (QED) is 0.847. The van der Waals surface area contributed by atoms with Crippen LogP contribution in [0, 0.1) is 0 Å². The van der Waals surface area contributed by atoms with Crippen LogP contribution in [0.25, 0.3) is 0 Å². The van der Waals surface area contributed by atoms with E-state index in [1.807, 2.05) is 24.7 Å². The number of rotatable bonds is 6. The third-order valence-electron chi connectivity index (χ3n) is 2.97. The highest BCUT2D eigenvalue weighted by Crippen LogP contribution is 2.15. The molecule has 18 heavy (non-hydrogen) atoms. The lowest BCUT2D eigenvalue weighted by Gasteiger charge is -2.15. The van der Waals surface area contributed by atoms with E-state index in [1.54, 1.807) is 0 Å². The molecule has 96 valence electrons. The van der Waals surface area contributed by atoms with Gasteiger partial charge in [-0.2, -0.15) is 0 Å². The molecular weight excluding hydrogens is 224 g/mol. The minimum atomic E-state index is 0.234. The molecule has 0 fully saturated rings. The molecule has 4 nitrogen and oxygen atoms in total. The summed E-state index contributed by atoms with van der Waals surface area (Å²) in [5.74, 6) is 0. The summed E-state index contributed by atoms with van der Waals surface area (Å²) in [6.45, 7) is 6.11. The summed E-state index contributed by atoms with van der Waals surface area (Å²) in [6, 6.07) is 6.26. The van der Waals surface area contributed by atoms with Crippen LogP contribution in [0.1, 0.15) is 31.3 Å². The second-order valence-electron chi connectivity index (χ2n) is 4.26. The van der Waals surface area contributed by atoms with Crippen molar-refractivity contribution in [2.45, 2.75) is 32.9 Å². The van der Waals surface area contributed by atoms with Crippen LogP contribution in [-0.4, -0.2) is 21.1 Å². The Labute approximate surface area is 108 Å². The standard InChI is InChI=1S/C14H20N4/c1-3-15-13(9-12-7-5-6-8-16-12)14-10-18(4-2)11-17-14/h5-8,10-11,13,15H,3-4,9H2,1-2H3. The minimum Gasteiger partial charge on any atom is -0.337 e. The number of aryl methyl sites for hydroxylation is 1. The maximum atomic E-state index is 4.47. The molecule has 1 N–H and O–H groups in total. The van der Waals surface area contributed by atoms with Crippen molar-refractivity contribution in [3.05, 3.63) is 48.3 Å². The Morgan fingerprint density at radius 3 is 2.78 bits per heavy atom. The van der Waals surface area contributed by atoms with Crippen LogP contribution in [0.4, 0.5) is 0 Å². The van der Waals surface area contributed by atoms with E-state index >= 15 is 0 Å². The summed E-state index contributed by atoms with van der Waals surface area (Å²) in [6.07, 6.45) is 6.70. The SMILES string of the molecule is CCNC(Cc1ccccn1)c1cn(CC)cn1. The monoisotopic (exact) mass is 244 g/mol. The molecule has 0 saturated heterocycles. The van der Waals surface area contributed by atoms with Gasteiger partial charge in [-0.15, -0.1) is 0 Å². The number of hydrogen-bond acceptors (Lipinski definition) is 3. The number of hydrogen-bond donors (Lipinski definition) is 1. The van der Waals surface area contributed by atoms with Gasteiger partial charge < -0.3 is 9.88 Å². The average molecular weight is 244 g/mol. The number of likely N-dealkylation sites (N-methyl/N-ethyl adjacent to an activating group) is 1. The second kappa shape index (κ2) is 6.31. The fourth-order valence-corrected chi connectivity index (χ4v) is 1.99. The van der Waals surface area contributed by atoms with Gasteiger partial charge in [-0.05, 0) is 25.6 Å². The van der Waals surface area contributed by atoms with Gasteiger partial charge in [-0.25, -0.2) is 4.98 Å². The topological polar surface area (TPSA) is 42.7 Å². The molecule has 0 aliphatic heterocycles. The van der Waals surface area contributed by atoms with E-state index in [9.17, 15) is 0 Å². The highest BCUT2D eigenvalue weighted by atomic mass is 15.1. The molecule has 2 aromatic rings. The van der Waals surface area contributed by atoms with E-state index in [-0.39, 0.29) is 6.04 Å². The lowest BCUT2D eigenvalue weighted by Crippen LogP contribution is -2.23. The van der Waals surface area contributed by atoms with Crippen molar-refractivity contribution in [1.29, 1.82) is 0 Å². The zero-order chi connectivity index (χ0) is 12.8. The van der Waals surface area contributed by atoms with Gasteiger partial charge in [0.2, 0.25) is 0 Å². The molecule has 0 saturated carbocycles. The molecule has 1 unspecified atom stereocenters. The molecule has 0 bridgehead atoms. The summed E-state index contributed by atoms with van der Waals surface area (Å²) >= 11 is 0. The minimum absolute atomic E-state index is 0.234. The Morgan fingerprint density at radius 2 is 2.17 bits per heavy atom. The van der Waals surface area contributed by atoms with Crippen LogP contribution in [0.3, 0.4) is 0 Å². The van der Waals surface area contributed by atoms with E-state index in [0.717, 1.165) is 30.9 Å². The summed E-state index contributed by atoms with van der Waals surface area (Å²) in [5.41, 5.74) is 2.18. The Kier molecular flexibility index (Phi) is 4.47. The van der Waals surface area contributed by atoms with E-state index in [0.29, 0.717) is 0 Å². The molecule has 0 aliphatic carbocycles. The van der Waals surface area contributed by atoms with Crippen molar-refractivity contribution < 1.29 is 0 Å². The Bertz CT molecular complexity index is 464. The van der Waals surface area contributed by atoms with Gasteiger partial charge >= 0.3 is 0 Å². The highest BCUT2D eigenvalue weighted by molar-refractivity contribution is 5.11. The van der Waals surface area contributed by atoms with Crippen LogP contribution >= 0.6 is 0 Å². The summed E-state index contributed by atoms with van der Waals surface area (Å²) < 4.78 is 2.10. The van der Waals surface area contributed by atoms with Gasteiger partial charge in [0.15, 0.2) is 0 Å². The predicted octanol–water partition coefficient (Wildman–Crippen LogP) is 2.19. The van der Waals surface area contributed by atoms with Crippen molar-refractivity contribution in [3.63, 3.8) is 0 Å². The first-order valence-electron chi connectivity index (χ1n) is 6.48. The van der Waals surface area contributed by atoms with Gasteiger partial charge in [0.05, 0.1) is 18.1 Å². The van der Waals surface area contributed by atoms with Gasteiger partial charge in [-0.3, -0.25) is 4.98 Å². The molecule has 2 aromatic heterocycles. The maximum Gasteiger partial charge on any atom is 0.0950 e. The first kappa shape index (κ1) is 12.8. The van der Waals surface area contributed by atoms with Crippen LogP contribution in [0.15, 0.2) is 36.9 Å². The summed E-state index contributed by atoms with van der Waals surface area (Å²) in [5, 5.41) is 3.47. The van der Waals surface area contributed by atoms with Crippen molar-refractivity contribution in [1.82, 2.24) is 19.9 Å². The van der Waals surface area contributed by atoms with Crippen molar-refractivity contribution in [2.24, 2.45) is 0 Å².